The molecule has 9 heteroatoms. The van der Waals surface area contributed by atoms with Crippen molar-refractivity contribution in [1.82, 2.24) is 0 Å². The molecule has 0 amide bonds. The molecule has 8 nitrogen and oxygen atoms in total. The molecule has 1 atom stereocenters. The third kappa shape index (κ3) is 5.04. The van der Waals surface area contributed by atoms with E-state index >= 15 is 0 Å². The second kappa shape index (κ2) is 9.96. The summed E-state index contributed by atoms with van der Waals surface area (Å²) in [5.74, 6) is -0.804. The van der Waals surface area contributed by atoms with Crippen LogP contribution in [-0.4, -0.2) is 40.2 Å². The maximum atomic E-state index is 13.7. The van der Waals surface area contributed by atoms with Gasteiger partial charge in [0.1, 0.15) is 5.75 Å². The molecule has 1 aliphatic heterocycles. The molecule has 0 aromatic heterocycles. The molecule has 4 rings (SSSR count). The Morgan fingerprint density at radius 3 is 2.41 bits per heavy atom. The van der Waals surface area contributed by atoms with Gasteiger partial charge in [-0.15, -0.1) is 0 Å². The lowest BCUT2D eigenvalue weighted by Crippen LogP contribution is -2.31. The molecule has 0 N–H and O–H groups in total. The quantitative estimate of drug-likeness (QED) is 0.454. The van der Waals surface area contributed by atoms with Crippen molar-refractivity contribution in [3.63, 3.8) is 0 Å². The van der Waals surface area contributed by atoms with Crippen LogP contribution < -0.4 is 9.04 Å². The van der Waals surface area contributed by atoms with E-state index in [0.29, 0.717) is 11.4 Å². The Kier molecular flexibility index (Phi) is 6.83. The van der Waals surface area contributed by atoms with E-state index in [0.717, 1.165) is 5.56 Å². The summed E-state index contributed by atoms with van der Waals surface area (Å²) < 4.78 is 43.9. The Balaban J connectivity index is 1.67. The van der Waals surface area contributed by atoms with Crippen molar-refractivity contribution in [2.24, 2.45) is 0 Å². The van der Waals surface area contributed by atoms with E-state index in [1.54, 1.807) is 24.3 Å². The van der Waals surface area contributed by atoms with Crippen LogP contribution in [-0.2, 0) is 30.8 Å². The van der Waals surface area contributed by atoms with Gasteiger partial charge in [0.25, 0.3) is 10.0 Å². The molecule has 0 radical (unpaired) electrons. The summed E-state index contributed by atoms with van der Waals surface area (Å²) in [4.78, 5) is 24.1. The number of sulfonamides is 1. The summed E-state index contributed by atoms with van der Waals surface area (Å²) in [6.07, 6.45) is -0.716. The van der Waals surface area contributed by atoms with Crippen molar-refractivity contribution in [3.05, 3.63) is 90.0 Å². The van der Waals surface area contributed by atoms with Gasteiger partial charge < -0.3 is 14.2 Å². The van der Waals surface area contributed by atoms with E-state index < -0.39 is 28.1 Å². The molecule has 1 heterocycles. The lowest BCUT2D eigenvalue weighted by molar-refractivity contribution is -0.145. The van der Waals surface area contributed by atoms with Crippen LogP contribution in [0.3, 0.4) is 0 Å². The van der Waals surface area contributed by atoms with Crippen LogP contribution in [0, 0.1) is 0 Å². The number of nitrogens with zero attached hydrogens (tertiary/aromatic N) is 1. The highest BCUT2D eigenvalue weighted by Gasteiger charge is 2.31. The van der Waals surface area contributed by atoms with Gasteiger partial charge in [-0.3, -0.25) is 4.31 Å². The summed E-state index contributed by atoms with van der Waals surface area (Å²) in [5, 5.41) is 0. The zero-order chi connectivity index (χ0) is 24.1. The maximum Gasteiger partial charge on any atom is 0.347 e. The standard InChI is InChI=1S/C25H23NO7S/c1-31-21-12-10-20(11-13-21)26(17-18-6-3-2-4-7-18)34(29,30)22-9-5-8-19(16-22)24(27)33-23-14-15-32-25(23)28/h2-13,16,23H,14-15,17H2,1H3/t23-/m1/s1. The average molecular weight is 482 g/mol. The predicted molar refractivity (Wildman–Crippen MR) is 124 cm³/mol. The molecule has 176 valence electrons. The van der Waals surface area contributed by atoms with E-state index in [2.05, 4.69) is 0 Å². The fourth-order valence-electron chi connectivity index (χ4n) is 3.51. The number of carbonyl (C=O) groups excluding carboxylic acids is 2. The van der Waals surface area contributed by atoms with E-state index in [-0.39, 0.29) is 30.0 Å². The van der Waals surface area contributed by atoms with Crippen LogP contribution in [0.2, 0.25) is 0 Å². The highest BCUT2D eigenvalue weighted by atomic mass is 32.2. The number of anilines is 1. The highest BCUT2D eigenvalue weighted by molar-refractivity contribution is 7.92. The molecule has 0 bridgehead atoms. The topological polar surface area (TPSA) is 99.2 Å². The highest BCUT2D eigenvalue weighted by Crippen LogP contribution is 2.28. The fourth-order valence-corrected chi connectivity index (χ4v) is 5.00. The van der Waals surface area contributed by atoms with Gasteiger partial charge in [0.05, 0.1) is 36.4 Å². The SMILES string of the molecule is COc1ccc(N(Cc2ccccc2)S(=O)(=O)c2cccc(C(=O)O[C@@H]3CCOC3=O)c2)cc1. The van der Waals surface area contributed by atoms with Gasteiger partial charge in [0, 0.05) is 6.42 Å². The minimum atomic E-state index is -4.07. The molecule has 0 spiro atoms. The number of hydrogen-bond donors (Lipinski definition) is 0. The first kappa shape index (κ1) is 23.3. The molecule has 34 heavy (non-hydrogen) atoms. The molecular weight excluding hydrogens is 458 g/mol. The van der Waals surface area contributed by atoms with Crippen LogP contribution in [0.15, 0.2) is 83.8 Å². The first-order chi connectivity index (χ1) is 16.4. The first-order valence-corrected chi connectivity index (χ1v) is 12.0. The van der Waals surface area contributed by atoms with Crippen molar-refractivity contribution in [3.8, 4) is 5.75 Å². The van der Waals surface area contributed by atoms with Crippen LogP contribution in [0.25, 0.3) is 0 Å². The normalized spacial score (nSPS) is 15.4. The molecule has 0 unspecified atom stereocenters. The number of rotatable bonds is 8. The average Bonchev–Trinajstić information content (AvgIpc) is 3.27. The number of cyclic esters (lactones) is 1. The van der Waals surface area contributed by atoms with E-state index in [4.69, 9.17) is 14.2 Å². The van der Waals surface area contributed by atoms with Gasteiger partial charge in [0.2, 0.25) is 6.10 Å². The molecule has 0 aliphatic carbocycles. The van der Waals surface area contributed by atoms with Crippen molar-refractivity contribution in [2.75, 3.05) is 18.0 Å². The zero-order valence-electron chi connectivity index (χ0n) is 18.4. The van der Waals surface area contributed by atoms with Crippen molar-refractivity contribution >= 4 is 27.6 Å². The van der Waals surface area contributed by atoms with E-state index in [1.807, 2.05) is 30.3 Å². The Hall–Kier alpha value is -3.85. The maximum absolute atomic E-state index is 13.7. The molecule has 1 aliphatic rings. The number of benzene rings is 3. The number of hydrogen-bond acceptors (Lipinski definition) is 7. The van der Waals surface area contributed by atoms with Gasteiger partial charge in [-0.1, -0.05) is 36.4 Å². The summed E-state index contributed by atoms with van der Waals surface area (Å²) in [5.41, 5.74) is 1.25. The second-order valence-electron chi connectivity index (χ2n) is 7.57. The van der Waals surface area contributed by atoms with Gasteiger partial charge in [0.15, 0.2) is 0 Å². The molecule has 3 aromatic rings. The number of methoxy groups -OCH3 is 1. The smallest absolute Gasteiger partial charge is 0.347 e. The monoisotopic (exact) mass is 481 g/mol. The Bertz CT molecular complexity index is 1270. The van der Waals surface area contributed by atoms with Crippen molar-refractivity contribution < 1.29 is 32.2 Å². The van der Waals surface area contributed by atoms with Crippen LogP contribution in [0.1, 0.15) is 22.3 Å². The molecular formula is C25H23NO7S. The van der Waals surface area contributed by atoms with Crippen molar-refractivity contribution in [2.45, 2.75) is 24.0 Å². The number of esters is 2. The Morgan fingerprint density at radius 2 is 1.76 bits per heavy atom. The summed E-state index contributed by atoms with van der Waals surface area (Å²) in [6.45, 7) is 0.263. The van der Waals surface area contributed by atoms with E-state index in [1.165, 1.54) is 35.7 Å². The summed E-state index contributed by atoms with van der Waals surface area (Å²) in [7, 11) is -2.54. The molecule has 3 aromatic carbocycles. The van der Waals surface area contributed by atoms with Crippen LogP contribution >= 0.6 is 0 Å². The van der Waals surface area contributed by atoms with Crippen molar-refractivity contribution in [1.29, 1.82) is 0 Å². The minimum absolute atomic E-state index is 0.0233. The van der Waals surface area contributed by atoms with Gasteiger partial charge >= 0.3 is 11.9 Å². The van der Waals surface area contributed by atoms with Crippen LogP contribution in [0.5, 0.6) is 5.75 Å². The first-order valence-electron chi connectivity index (χ1n) is 10.6. The lowest BCUT2D eigenvalue weighted by atomic mass is 10.2. The van der Waals surface area contributed by atoms with Crippen LogP contribution in [0.4, 0.5) is 5.69 Å². The largest absolute Gasteiger partial charge is 0.497 e. The van der Waals surface area contributed by atoms with Gasteiger partial charge in [-0.25, -0.2) is 18.0 Å². The third-order valence-corrected chi connectivity index (χ3v) is 7.09. The van der Waals surface area contributed by atoms with E-state index in [9.17, 15) is 18.0 Å². The Morgan fingerprint density at radius 1 is 1.03 bits per heavy atom. The number of carbonyl (C=O) groups is 2. The second-order valence-corrected chi connectivity index (χ2v) is 9.44. The molecule has 1 fully saturated rings. The van der Waals surface area contributed by atoms with Gasteiger partial charge in [-0.05, 0) is 48.0 Å². The Labute approximate surface area is 197 Å². The fraction of sp³-hybridized carbons (Fsp3) is 0.200. The summed E-state index contributed by atoms with van der Waals surface area (Å²) >= 11 is 0. The third-order valence-electron chi connectivity index (χ3n) is 5.32. The zero-order valence-corrected chi connectivity index (χ0v) is 19.2. The minimum Gasteiger partial charge on any atom is -0.497 e. The predicted octanol–water partition coefficient (Wildman–Crippen LogP) is 3.56. The summed E-state index contributed by atoms with van der Waals surface area (Å²) in [6, 6.07) is 21.4. The lowest BCUT2D eigenvalue weighted by Gasteiger charge is -2.25. The van der Waals surface area contributed by atoms with Gasteiger partial charge in [-0.2, -0.15) is 0 Å². The molecule has 1 saturated heterocycles. The molecule has 0 saturated carbocycles. The number of ether oxygens (including phenoxy) is 3.